The maximum atomic E-state index is 6.07. The lowest BCUT2D eigenvalue weighted by Crippen LogP contribution is -2.13. The molecule has 0 amide bonds. The Bertz CT molecular complexity index is 599. The van der Waals surface area contributed by atoms with E-state index in [1.807, 2.05) is 6.07 Å². The second kappa shape index (κ2) is 6.19. The number of thiocarbonyl (C=S) groups is 1. The van der Waals surface area contributed by atoms with Crippen LogP contribution in [0.4, 0.5) is 5.69 Å². The summed E-state index contributed by atoms with van der Waals surface area (Å²) in [7, 11) is 1.55. The number of pyridine rings is 1. The van der Waals surface area contributed by atoms with Crippen LogP contribution < -0.4 is 10.1 Å². The molecule has 0 aliphatic heterocycles. The van der Waals surface area contributed by atoms with Crippen LogP contribution in [0.2, 0.25) is 10.0 Å². The SMILES string of the molecule is COc1cccc(C(=S)Nc2c(Cl)cccc2Cl)n1. The minimum absolute atomic E-state index is 0.425. The third-order valence-electron chi connectivity index (χ3n) is 2.37. The van der Waals surface area contributed by atoms with E-state index in [0.29, 0.717) is 32.3 Å². The fourth-order valence-electron chi connectivity index (χ4n) is 1.45. The highest BCUT2D eigenvalue weighted by Gasteiger charge is 2.10. The molecule has 0 saturated carbocycles. The number of anilines is 1. The number of hydrogen-bond acceptors (Lipinski definition) is 3. The van der Waals surface area contributed by atoms with Crippen LogP contribution in [0.5, 0.6) is 5.88 Å². The van der Waals surface area contributed by atoms with Gasteiger partial charge < -0.3 is 10.1 Å². The van der Waals surface area contributed by atoms with E-state index in [-0.39, 0.29) is 0 Å². The fraction of sp³-hybridized carbons (Fsp3) is 0.0769. The van der Waals surface area contributed by atoms with Gasteiger partial charge in [-0.2, -0.15) is 0 Å². The molecule has 1 aromatic heterocycles. The Balaban J connectivity index is 2.25. The van der Waals surface area contributed by atoms with Crippen molar-refractivity contribution in [2.75, 3.05) is 12.4 Å². The highest BCUT2D eigenvalue weighted by atomic mass is 35.5. The number of methoxy groups -OCH3 is 1. The standard InChI is InChI=1S/C13H10Cl2N2OS/c1-18-11-7-3-6-10(16-11)13(19)17-12-8(14)4-2-5-9(12)15/h2-7H,1H3,(H,17,19). The monoisotopic (exact) mass is 312 g/mol. The third-order valence-corrected chi connectivity index (χ3v) is 3.31. The predicted octanol–water partition coefficient (Wildman–Crippen LogP) is 4.18. The summed E-state index contributed by atoms with van der Waals surface area (Å²) in [5.41, 5.74) is 1.16. The largest absolute Gasteiger partial charge is 0.481 e. The van der Waals surface area contributed by atoms with Crippen LogP contribution in [0.25, 0.3) is 0 Å². The molecule has 3 nitrogen and oxygen atoms in total. The highest BCUT2D eigenvalue weighted by Crippen LogP contribution is 2.30. The van der Waals surface area contributed by atoms with Crippen LogP contribution in [0.3, 0.4) is 0 Å². The molecule has 1 aromatic carbocycles. The smallest absolute Gasteiger partial charge is 0.213 e. The Morgan fingerprint density at radius 1 is 1.16 bits per heavy atom. The molecule has 1 N–H and O–H groups in total. The van der Waals surface area contributed by atoms with Crippen molar-refractivity contribution in [1.29, 1.82) is 0 Å². The summed E-state index contributed by atoms with van der Waals surface area (Å²) >= 11 is 17.4. The minimum atomic E-state index is 0.425. The normalized spacial score (nSPS) is 10.1. The van der Waals surface area contributed by atoms with Gasteiger partial charge in [0, 0.05) is 6.07 Å². The Morgan fingerprint density at radius 3 is 2.42 bits per heavy atom. The Hall–Kier alpha value is -1.36. The molecule has 6 heteroatoms. The summed E-state index contributed by atoms with van der Waals surface area (Å²) in [6.07, 6.45) is 0. The quantitative estimate of drug-likeness (QED) is 0.862. The zero-order valence-electron chi connectivity index (χ0n) is 9.98. The molecule has 0 bridgehead atoms. The summed E-state index contributed by atoms with van der Waals surface area (Å²) < 4.78 is 5.05. The number of halogens is 2. The van der Waals surface area contributed by atoms with Crippen LogP contribution in [0.15, 0.2) is 36.4 Å². The number of ether oxygens (including phenoxy) is 1. The summed E-state index contributed by atoms with van der Waals surface area (Å²) in [6, 6.07) is 10.6. The lowest BCUT2D eigenvalue weighted by atomic mass is 10.3. The first-order valence-corrected chi connectivity index (χ1v) is 6.54. The van der Waals surface area contributed by atoms with E-state index < -0.39 is 0 Å². The fourth-order valence-corrected chi connectivity index (χ4v) is 2.16. The van der Waals surface area contributed by atoms with Crippen LogP contribution in [0.1, 0.15) is 5.69 Å². The molecule has 1 heterocycles. The Morgan fingerprint density at radius 2 is 1.79 bits per heavy atom. The number of nitrogens with one attached hydrogen (secondary N) is 1. The molecular formula is C13H10Cl2N2OS. The van der Waals surface area contributed by atoms with Crippen molar-refractivity contribution in [3.8, 4) is 5.88 Å². The van der Waals surface area contributed by atoms with E-state index in [0.717, 1.165) is 0 Å². The minimum Gasteiger partial charge on any atom is -0.481 e. The van der Waals surface area contributed by atoms with Crippen molar-refractivity contribution < 1.29 is 4.74 Å². The number of hydrogen-bond donors (Lipinski definition) is 1. The zero-order valence-corrected chi connectivity index (χ0v) is 12.3. The maximum Gasteiger partial charge on any atom is 0.213 e. The molecule has 0 radical (unpaired) electrons. The lowest BCUT2D eigenvalue weighted by molar-refractivity contribution is 0.397. The average Bonchev–Trinajstić information content (AvgIpc) is 2.43. The van der Waals surface area contributed by atoms with Gasteiger partial charge >= 0.3 is 0 Å². The predicted molar refractivity (Wildman–Crippen MR) is 82.6 cm³/mol. The van der Waals surface area contributed by atoms with E-state index in [4.69, 9.17) is 40.2 Å². The highest BCUT2D eigenvalue weighted by molar-refractivity contribution is 7.81. The molecule has 0 unspecified atom stereocenters. The average molecular weight is 313 g/mol. The van der Waals surface area contributed by atoms with Crippen LogP contribution in [-0.2, 0) is 0 Å². The molecular weight excluding hydrogens is 303 g/mol. The van der Waals surface area contributed by atoms with Crippen LogP contribution in [-0.4, -0.2) is 17.1 Å². The summed E-state index contributed by atoms with van der Waals surface area (Å²) in [5.74, 6) is 0.493. The van der Waals surface area contributed by atoms with Crippen molar-refractivity contribution in [3.63, 3.8) is 0 Å². The van der Waals surface area contributed by atoms with Crippen molar-refractivity contribution in [2.45, 2.75) is 0 Å². The van der Waals surface area contributed by atoms with Gasteiger partial charge in [-0.05, 0) is 18.2 Å². The van der Waals surface area contributed by atoms with E-state index in [1.165, 1.54) is 0 Å². The van der Waals surface area contributed by atoms with E-state index in [9.17, 15) is 0 Å². The van der Waals surface area contributed by atoms with Gasteiger partial charge in [0.15, 0.2) is 0 Å². The van der Waals surface area contributed by atoms with Gasteiger partial charge in [0.25, 0.3) is 0 Å². The number of rotatable bonds is 3. The molecule has 19 heavy (non-hydrogen) atoms. The second-order valence-corrected chi connectivity index (χ2v) is 4.84. The van der Waals surface area contributed by atoms with Gasteiger partial charge in [0.1, 0.15) is 10.7 Å². The molecule has 0 fully saturated rings. The van der Waals surface area contributed by atoms with Gasteiger partial charge in [-0.1, -0.05) is 47.6 Å². The maximum absolute atomic E-state index is 6.07. The van der Waals surface area contributed by atoms with Gasteiger partial charge in [-0.3, -0.25) is 0 Å². The summed E-state index contributed by atoms with van der Waals surface area (Å²) in [6.45, 7) is 0. The van der Waals surface area contributed by atoms with Gasteiger partial charge in [-0.25, -0.2) is 4.98 Å². The Kier molecular flexibility index (Phi) is 4.58. The van der Waals surface area contributed by atoms with Crippen molar-refractivity contribution in [3.05, 3.63) is 52.1 Å². The van der Waals surface area contributed by atoms with Crippen LogP contribution >= 0.6 is 35.4 Å². The van der Waals surface area contributed by atoms with Gasteiger partial charge in [-0.15, -0.1) is 0 Å². The number of aromatic nitrogens is 1. The van der Waals surface area contributed by atoms with Crippen LogP contribution in [0, 0.1) is 0 Å². The van der Waals surface area contributed by atoms with Gasteiger partial charge in [0.05, 0.1) is 22.8 Å². The number of nitrogens with zero attached hydrogens (tertiary/aromatic N) is 1. The van der Waals surface area contributed by atoms with Crippen molar-refractivity contribution >= 4 is 46.1 Å². The third kappa shape index (κ3) is 3.35. The summed E-state index contributed by atoms with van der Waals surface area (Å²) in [5, 5.41) is 3.99. The first kappa shape index (κ1) is 14.1. The molecule has 0 spiro atoms. The first-order chi connectivity index (χ1) is 9.11. The molecule has 0 aliphatic rings. The first-order valence-electron chi connectivity index (χ1n) is 5.38. The lowest BCUT2D eigenvalue weighted by Gasteiger charge is -2.11. The van der Waals surface area contributed by atoms with E-state index in [1.54, 1.807) is 37.4 Å². The van der Waals surface area contributed by atoms with E-state index >= 15 is 0 Å². The topological polar surface area (TPSA) is 34.1 Å². The molecule has 0 saturated heterocycles. The Labute approximate surface area is 126 Å². The number of benzene rings is 1. The molecule has 2 rings (SSSR count). The molecule has 98 valence electrons. The van der Waals surface area contributed by atoms with Crippen molar-refractivity contribution in [1.82, 2.24) is 4.98 Å². The van der Waals surface area contributed by atoms with Gasteiger partial charge in [0.2, 0.25) is 5.88 Å². The molecule has 2 aromatic rings. The zero-order chi connectivity index (χ0) is 13.8. The number of para-hydroxylation sites is 1. The molecule has 0 aliphatic carbocycles. The van der Waals surface area contributed by atoms with Crippen molar-refractivity contribution in [2.24, 2.45) is 0 Å². The molecule has 0 atom stereocenters. The summed E-state index contributed by atoms with van der Waals surface area (Å²) in [4.78, 5) is 4.66. The van der Waals surface area contributed by atoms with E-state index in [2.05, 4.69) is 10.3 Å². The second-order valence-electron chi connectivity index (χ2n) is 3.62.